The Hall–Kier alpha value is -1.31. The zero-order valence-corrected chi connectivity index (χ0v) is 13.4. The second-order valence-corrected chi connectivity index (χ2v) is 6.02. The number of benzene rings is 2. The van der Waals surface area contributed by atoms with Crippen molar-refractivity contribution in [2.45, 2.75) is 40.3 Å². The molecule has 0 heterocycles. The summed E-state index contributed by atoms with van der Waals surface area (Å²) in [6.07, 6.45) is 0. The zero-order valence-electron chi connectivity index (χ0n) is 12.6. The molecule has 0 unspecified atom stereocenters. The van der Waals surface area contributed by atoms with E-state index in [1.165, 1.54) is 22.3 Å². The summed E-state index contributed by atoms with van der Waals surface area (Å²) in [5.41, 5.74) is 6.23. The standard InChI is InChI=1S/C18H22ClN/c1-12(2)20-11-15-7-5-6-8-16(15)17-9-14(4)18(19)10-13(17)3/h5-10,12,20H,11H2,1-4H3. The highest BCUT2D eigenvalue weighted by atomic mass is 35.5. The first-order chi connectivity index (χ1) is 9.49. The number of nitrogens with one attached hydrogen (secondary N) is 1. The van der Waals surface area contributed by atoms with E-state index in [1.54, 1.807) is 0 Å². The number of rotatable bonds is 4. The predicted octanol–water partition coefficient (Wildman–Crippen LogP) is 5.12. The normalized spacial score (nSPS) is 11.1. The highest BCUT2D eigenvalue weighted by molar-refractivity contribution is 6.31. The summed E-state index contributed by atoms with van der Waals surface area (Å²) in [7, 11) is 0. The lowest BCUT2D eigenvalue weighted by Gasteiger charge is -2.15. The molecule has 0 aliphatic rings. The first-order valence-corrected chi connectivity index (χ1v) is 7.45. The largest absolute Gasteiger partial charge is 0.310 e. The average Bonchev–Trinajstić information content (AvgIpc) is 2.41. The minimum atomic E-state index is 0.483. The molecule has 2 aromatic rings. The quantitative estimate of drug-likeness (QED) is 0.823. The van der Waals surface area contributed by atoms with E-state index < -0.39 is 0 Å². The lowest BCUT2D eigenvalue weighted by Crippen LogP contribution is -2.22. The zero-order chi connectivity index (χ0) is 14.7. The Morgan fingerprint density at radius 2 is 1.70 bits per heavy atom. The Morgan fingerprint density at radius 3 is 2.40 bits per heavy atom. The molecule has 1 N–H and O–H groups in total. The maximum Gasteiger partial charge on any atom is 0.0438 e. The summed E-state index contributed by atoms with van der Waals surface area (Å²) in [4.78, 5) is 0. The van der Waals surface area contributed by atoms with Crippen LogP contribution in [0.25, 0.3) is 11.1 Å². The summed E-state index contributed by atoms with van der Waals surface area (Å²) in [5, 5.41) is 4.33. The van der Waals surface area contributed by atoms with Crippen molar-refractivity contribution in [2.75, 3.05) is 0 Å². The second-order valence-electron chi connectivity index (χ2n) is 5.61. The van der Waals surface area contributed by atoms with E-state index in [-0.39, 0.29) is 0 Å². The number of aryl methyl sites for hydroxylation is 2. The summed E-state index contributed by atoms with van der Waals surface area (Å²) in [6, 6.07) is 13.3. The molecule has 0 spiro atoms. The van der Waals surface area contributed by atoms with Crippen LogP contribution in [0.5, 0.6) is 0 Å². The van der Waals surface area contributed by atoms with E-state index in [1.807, 2.05) is 0 Å². The van der Waals surface area contributed by atoms with Crippen LogP contribution < -0.4 is 5.32 Å². The van der Waals surface area contributed by atoms with Gasteiger partial charge >= 0.3 is 0 Å². The molecule has 2 heteroatoms. The first kappa shape index (κ1) is 15.1. The molecular formula is C18H22ClN. The van der Waals surface area contributed by atoms with Crippen LogP contribution in [0.1, 0.15) is 30.5 Å². The van der Waals surface area contributed by atoms with Gasteiger partial charge in [0.2, 0.25) is 0 Å². The van der Waals surface area contributed by atoms with Gasteiger partial charge in [0, 0.05) is 17.6 Å². The molecular weight excluding hydrogens is 266 g/mol. The molecule has 1 nitrogen and oxygen atoms in total. The fourth-order valence-corrected chi connectivity index (χ4v) is 2.54. The van der Waals surface area contributed by atoms with Crippen molar-refractivity contribution in [1.82, 2.24) is 5.32 Å². The van der Waals surface area contributed by atoms with Crippen molar-refractivity contribution in [3.05, 3.63) is 58.1 Å². The molecule has 2 aromatic carbocycles. The summed E-state index contributed by atoms with van der Waals surface area (Å²) >= 11 is 6.20. The van der Waals surface area contributed by atoms with Crippen molar-refractivity contribution < 1.29 is 0 Å². The van der Waals surface area contributed by atoms with Gasteiger partial charge in [0.05, 0.1) is 0 Å². The fraction of sp³-hybridized carbons (Fsp3) is 0.333. The molecule has 0 saturated carbocycles. The SMILES string of the molecule is Cc1cc(-c2ccccc2CNC(C)C)c(C)cc1Cl. The smallest absolute Gasteiger partial charge is 0.0438 e. The third kappa shape index (κ3) is 3.41. The van der Waals surface area contributed by atoms with Gasteiger partial charge in [-0.25, -0.2) is 0 Å². The van der Waals surface area contributed by atoms with Gasteiger partial charge in [-0.2, -0.15) is 0 Å². The highest BCUT2D eigenvalue weighted by Crippen LogP contribution is 2.31. The van der Waals surface area contributed by atoms with Gasteiger partial charge in [0.1, 0.15) is 0 Å². The molecule has 0 aliphatic heterocycles. The molecule has 0 amide bonds. The molecule has 0 atom stereocenters. The lowest BCUT2D eigenvalue weighted by atomic mass is 9.94. The number of hydrogen-bond donors (Lipinski definition) is 1. The van der Waals surface area contributed by atoms with E-state index in [4.69, 9.17) is 11.6 Å². The van der Waals surface area contributed by atoms with Crippen molar-refractivity contribution >= 4 is 11.6 Å². The van der Waals surface area contributed by atoms with Gasteiger partial charge in [-0.1, -0.05) is 49.7 Å². The van der Waals surface area contributed by atoms with Gasteiger partial charge in [0.25, 0.3) is 0 Å². The maximum atomic E-state index is 6.20. The topological polar surface area (TPSA) is 12.0 Å². The molecule has 0 bridgehead atoms. The molecule has 20 heavy (non-hydrogen) atoms. The van der Waals surface area contributed by atoms with E-state index >= 15 is 0 Å². The van der Waals surface area contributed by atoms with Gasteiger partial charge in [0.15, 0.2) is 0 Å². The first-order valence-electron chi connectivity index (χ1n) is 7.07. The fourth-order valence-electron chi connectivity index (χ4n) is 2.32. The minimum Gasteiger partial charge on any atom is -0.310 e. The van der Waals surface area contributed by atoms with Crippen LogP contribution in [0.15, 0.2) is 36.4 Å². The van der Waals surface area contributed by atoms with Crippen molar-refractivity contribution in [1.29, 1.82) is 0 Å². The Balaban J connectivity index is 2.45. The predicted molar refractivity (Wildman–Crippen MR) is 88.3 cm³/mol. The molecule has 106 valence electrons. The lowest BCUT2D eigenvalue weighted by molar-refractivity contribution is 0.589. The average molecular weight is 288 g/mol. The Kier molecular flexibility index (Phi) is 4.85. The monoisotopic (exact) mass is 287 g/mol. The van der Waals surface area contributed by atoms with E-state index in [0.29, 0.717) is 6.04 Å². The minimum absolute atomic E-state index is 0.483. The van der Waals surface area contributed by atoms with Crippen LogP contribution in [0, 0.1) is 13.8 Å². The second kappa shape index (κ2) is 6.43. The molecule has 2 rings (SSSR count). The number of halogens is 1. The third-order valence-electron chi connectivity index (χ3n) is 3.51. The third-order valence-corrected chi connectivity index (χ3v) is 3.92. The Morgan fingerprint density at radius 1 is 1.00 bits per heavy atom. The highest BCUT2D eigenvalue weighted by Gasteiger charge is 2.09. The molecule has 0 fully saturated rings. The number of hydrogen-bond acceptors (Lipinski definition) is 1. The van der Waals surface area contributed by atoms with E-state index in [9.17, 15) is 0 Å². The van der Waals surface area contributed by atoms with Crippen LogP contribution in [-0.4, -0.2) is 6.04 Å². The van der Waals surface area contributed by atoms with Crippen LogP contribution in [-0.2, 0) is 6.54 Å². The molecule has 0 aromatic heterocycles. The van der Waals surface area contributed by atoms with Crippen molar-refractivity contribution in [2.24, 2.45) is 0 Å². The van der Waals surface area contributed by atoms with E-state index in [2.05, 4.69) is 69.4 Å². The summed E-state index contributed by atoms with van der Waals surface area (Å²) in [6.45, 7) is 9.39. The Labute approximate surface area is 127 Å². The van der Waals surface area contributed by atoms with Crippen molar-refractivity contribution in [3.63, 3.8) is 0 Å². The van der Waals surface area contributed by atoms with Crippen LogP contribution in [0.2, 0.25) is 5.02 Å². The van der Waals surface area contributed by atoms with Crippen LogP contribution in [0.4, 0.5) is 0 Å². The Bertz CT molecular complexity index is 602. The maximum absolute atomic E-state index is 6.20. The summed E-state index contributed by atoms with van der Waals surface area (Å²) in [5.74, 6) is 0. The van der Waals surface area contributed by atoms with Gasteiger partial charge < -0.3 is 5.32 Å². The van der Waals surface area contributed by atoms with Gasteiger partial charge in [-0.05, 0) is 53.8 Å². The van der Waals surface area contributed by atoms with Crippen LogP contribution in [0.3, 0.4) is 0 Å². The van der Waals surface area contributed by atoms with Crippen molar-refractivity contribution in [3.8, 4) is 11.1 Å². The molecule has 0 aliphatic carbocycles. The van der Waals surface area contributed by atoms with E-state index in [0.717, 1.165) is 17.1 Å². The molecule has 0 saturated heterocycles. The van der Waals surface area contributed by atoms with Gasteiger partial charge in [-0.15, -0.1) is 0 Å². The molecule has 0 radical (unpaired) electrons. The van der Waals surface area contributed by atoms with Gasteiger partial charge in [-0.3, -0.25) is 0 Å². The summed E-state index contributed by atoms with van der Waals surface area (Å²) < 4.78 is 0. The van der Waals surface area contributed by atoms with Crippen LogP contribution >= 0.6 is 11.6 Å².